The number of nitrogens with one attached hydrogen (secondary N) is 1. The minimum absolute atomic E-state index is 0.270. The summed E-state index contributed by atoms with van der Waals surface area (Å²) in [4.78, 5) is 0. The minimum atomic E-state index is 0.270. The molecule has 0 bridgehead atoms. The van der Waals surface area contributed by atoms with E-state index in [2.05, 4.69) is 78.2 Å². The number of rotatable bonds is 6. The van der Waals surface area contributed by atoms with Gasteiger partial charge in [-0.05, 0) is 65.8 Å². The molecular formula is C17H20INO. The molecule has 2 nitrogen and oxygen atoms in total. The molecule has 0 aliphatic rings. The Morgan fingerprint density at radius 1 is 1.10 bits per heavy atom. The molecular weight excluding hydrogens is 361 g/mol. The largest absolute Gasteiger partial charge is 0.494 e. The highest BCUT2D eigenvalue weighted by Crippen LogP contribution is 2.24. The molecule has 1 N–H and O–H groups in total. The Kier molecular flexibility index (Phi) is 5.71. The number of benzene rings is 2. The first kappa shape index (κ1) is 15.2. The maximum Gasteiger partial charge on any atom is 0.119 e. The second-order valence-electron chi connectivity index (χ2n) is 4.76. The van der Waals surface area contributed by atoms with Crippen LogP contribution in [0.15, 0.2) is 48.5 Å². The van der Waals surface area contributed by atoms with Gasteiger partial charge in [0.15, 0.2) is 0 Å². The summed E-state index contributed by atoms with van der Waals surface area (Å²) >= 11 is 2.35. The van der Waals surface area contributed by atoms with Gasteiger partial charge in [-0.2, -0.15) is 0 Å². The zero-order valence-electron chi connectivity index (χ0n) is 11.9. The quantitative estimate of drug-likeness (QED) is 0.690. The van der Waals surface area contributed by atoms with Crippen molar-refractivity contribution in [2.24, 2.45) is 0 Å². The predicted octanol–water partition coefficient (Wildman–Crippen LogP) is 5.25. The fourth-order valence-corrected chi connectivity index (χ4v) is 2.51. The van der Waals surface area contributed by atoms with Gasteiger partial charge < -0.3 is 10.1 Å². The maximum atomic E-state index is 5.61. The van der Waals surface area contributed by atoms with Crippen LogP contribution in [0.2, 0.25) is 0 Å². The fraction of sp³-hybridized carbons (Fsp3) is 0.294. The van der Waals surface area contributed by atoms with Crippen molar-refractivity contribution in [2.75, 3.05) is 11.9 Å². The average Bonchev–Trinajstić information content (AvgIpc) is 2.48. The van der Waals surface area contributed by atoms with E-state index in [-0.39, 0.29) is 6.04 Å². The van der Waals surface area contributed by atoms with Crippen molar-refractivity contribution in [1.82, 2.24) is 0 Å². The average molecular weight is 381 g/mol. The summed E-state index contributed by atoms with van der Waals surface area (Å²) in [7, 11) is 0. The van der Waals surface area contributed by atoms with E-state index in [9.17, 15) is 0 Å². The van der Waals surface area contributed by atoms with Crippen molar-refractivity contribution in [3.63, 3.8) is 0 Å². The molecule has 0 saturated carbocycles. The van der Waals surface area contributed by atoms with E-state index in [4.69, 9.17) is 4.74 Å². The third kappa shape index (κ3) is 4.13. The topological polar surface area (TPSA) is 21.3 Å². The van der Waals surface area contributed by atoms with Crippen LogP contribution < -0.4 is 10.1 Å². The van der Waals surface area contributed by atoms with Crippen molar-refractivity contribution < 1.29 is 4.74 Å². The van der Waals surface area contributed by atoms with Crippen LogP contribution in [0.25, 0.3) is 0 Å². The molecule has 106 valence electrons. The normalized spacial score (nSPS) is 11.9. The molecule has 2 aromatic rings. The van der Waals surface area contributed by atoms with E-state index >= 15 is 0 Å². The molecule has 0 aliphatic heterocycles. The summed E-state index contributed by atoms with van der Waals surface area (Å²) in [5.41, 5.74) is 2.43. The van der Waals surface area contributed by atoms with Gasteiger partial charge in [0.2, 0.25) is 0 Å². The zero-order chi connectivity index (χ0) is 14.4. The lowest BCUT2D eigenvalue weighted by molar-refractivity contribution is 0.317. The lowest BCUT2D eigenvalue weighted by Crippen LogP contribution is -2.07. The van der Waals surface area contributed by atoms with Crippen LogP contribution in [-0.4, -0.2) is 6.61 Å². The third-order valence-electron chi connectivity index (χ3n) is 3.10. The van der Waals surface area contributed by atoms with Gasteiger partial charge in [0.25, 0.3) is 0 Å². The molecule has 20 heavy (non-hydrogen) atoms. The van der Waals surface area contributed by atoms with Gasteiger partial charge >= 0.3 is 0 Å². The summed E-state index contributed by atoms with van der Waals surface area (Å²) in [5, 5.41) is 3.54. The maximum absolute atomic E-state index is 5.61. The molecule has 0 aromatic heterocycles. The molecule has 1 unspecified atom stereocenters. The molecule has 3 heteroatoms. The zero-order valence-corrected chi connectivity index (χ0v) is 14.1. The van der Waals surface area contributed by atoms with Crippen LogP contribution in [-0.2, 0) is 0 Å². The van der Waals surface area contributed by atoms with Crippen LogP contribution in [0.1, 0.15) is 31.9 Å². The molecule has 0 heterocycles. The SMILES string of the molecule is CCCOc1ccc(C(C)Nc2ccccc2I)cc1. The number of halogens is 1. The van der Waals surface area contributed by atoms with Crippen LogP contribution in [0.5, 0.6) is 5.75 Å². The summed E-state index contributed by atoms with van der Waals surface area (Å²) in [6.45, 7) is 5.06. The standard InChI is InChI=1S/C17H20INO/c1-3-12-20-15-10-8-14(9-11-15)13(2)19-17-7-5-4-6-16(17)18/h4-11,13,19H,3,12H2,1-2H3. The summed E-state index contributed by atoms with van der Waals surface area (Å²) < 4.78 is 6.84. The van der Waals surface area contributed by atoms with Crippen LogP contribution in [0, 0.1) is 3.57 Å². The smallest absolute Gasteiger partial charge is 0.119 e. The summed E-state index contributed by atoms with van der Waals surface area (Å²) in [6, 6.07) is 16.9. The summed E-state index contributed by atoms with van der Waals surface area (Å²) in [5.74, 6) is 0.942. The molecule has 0 fully saturated rings. The van der Waals surface area contributed by atoms with Crippen molar-refractivity contribution in [3.8, 4) is 5.75 Å². The van der Waals surface area contributed by atoms with E-state index in [1.54, 1.807) is 0 Å². The number of para-hydroxylation sites is 1. The van der Waals surface area contributed by atoms with Crippen molar-refractivity contribution in [3.05, 3.63) is 57.7 Å². The molecule has 2 rings (SSSR count). The van der Waals surface area contributed by atoms with Gasteiger partial charge in [-0.25, -0.2) is 0 Å². The highest BCUT2D eigenvalue weighted by Gasteiger charge is 2.07. The first-order valence-corrected chi connectivity index (χ1v) is 8.02. The number of hydrogen-bond acceptors (Lipinski definition) is 2. The van der Waals surface area contributed by atoms with Crippen LogP contribution in [0.4, 0.5) is 5.69 Å². The Balaban J connectivity index is 2.02. The Morgan fingerprint density at radius 2 is 1.80 bits per heavy atom. The van der Waals surface area contributed by atoms with Crippen molar-refractivity contribution in [1.29, 1.82) is 0 Å². The number of hydrogen-bond donors (Lipinski definition) is 1. The van der Waals surface area contributed by atoms with Gasteiger partial charge in [0.1, 0.15) is 5.75 Å². The Bertz CT molecular complexity index is 539. The van der Waals surface area contributed by atoms with Crippen molar-refractivity contribution in [2.45, 2.75) is 26.3 Å². The second kappa shape index (κ2) is 7.53. The predicted molar refractivity (Wildman–Crippen MR) is 93.4 cm³/mol. The first-order chi connectivity index (χ1) is 9.70. The van der Waals surface area contributed by atoms with Crippen LogP contribution >= 0.6 is 22.6 Å². The lowest BCUT2D eigenvalue weighted by atomic mass is 10.1. The van der Waals surface area contributed by atoms with Gasteiger partial charge in [-0.3, -0.25) is 0 Å². The van der Waals surface area contributed by atoms with Gasteiger partial charge in [0, 0.05) is 15.3 Å². The molecule has 1 atom stereocenters. The molecule has 2 aromatic carbocycles. The van der Waals surface area contributed by atoms with E-state index in [0.29, 0.717) is 0 Å². The summed E-state index contributed by atoms with van der Waals surface area (Å²) in [6.07, 6.45) is 1.03. The molecule has 0 spiro atoms. The van der Waals surface area contributed by atoms with E-state index in [1.165, 1.54) is 14.8 Å². The lowest BCUT2D eigenvalue weighted by Gasteiger charge is -2.17. The van der Waals surface area contributed by atoms with E-state index < -0.39 is 0 Å². The highest BCUT2D eigenvalue weighted by molar-refractivity contribution is 14.1. The monoisotopic (exact) mass is 381 g/mol. The Hall–Kier alpha value is -1.23. The fourth-order valence-electron chi connectivity index (χ4n) is 1.97. The Labute approximate surface area is 134 Å². The van der Waals surface area contributed by atoms with Gasteiger partial charge in [-0.1, -0.05) is 31.2 Å². The molecule has 0 radical (unpaired) electrons. The second-order valence-corrected chi connectivity index (χ2v) is 5.93. The van der Waals surface area contributed by atoms with Gasteiger partial charge in [-0.15, -0.1) is 0 Å². The number of ether oxygens (including phenoxy) is 1. The highest BCUT2D eigenvalue weighted by atomic mass is 127. The third-order valence-corrected chi connectivity index (χ3v) is 4.04. The first-order valence-electron chi connectivity index (χ1n) is 6.94. The minimum Gasteiger partial charge on any atom is -0.494 e. The van der Waals surface area contributed by atoms with Gasteiger partial charge in [0.05, 0.1) is 6.61 Å². The Morgan fingerprint density at radius 3 is 2.45 bits per heavy atom. The van der Waals surface area contributed by atoms with E-state index in [1.807, 2.05) is 12.1 Å². The number of anilines is 1. The molecule has 0 amide bonds. The van der Waals surface area contributed by atoms with Crippen LogP contribution in [0.3, 0.4) is 0 Å². The van der Waals surface area contributed by atoms with Crippen molar-refractivity contribution >= 4 is 28.3 Å². The molecule has 0 aliphatic carbocycles. The molecule has 0 saturated heterocycles. The van der Waals surface area contributed by atoms with E-state index in [0.717, 1.165) is 18.8 Å².